The van der Waals surface area contributed by atoms with Crippen LogP contribution in [0.2, 0.25) is 0 Å². The van der Waals surface area contributed by atoms with Crippen LogP contribution in [0.15, 0.2) is 30.3 Å². The second kappa shape index (κ2) is 7.13. The molecule has 18 heavy (non-hydrogen) atoms. The third-order valence-corrected chi connectivity index (χ3v) is 3.25. The van der Waals surface area contributed by atoms with Crippen molar-refractivity contribution in [3.8, 4) is 0 Å². The van der Waals surface area contributed by atoms with E-state index in [9.17, 15) is 13.2 Å². The lowest BCUT2D eigenvalue weighted by Crippen LogP contribution is -2.16. The fraction of sp³-hybridized carbons (Fsp3) is 0.417. The lowest BCUT2D eigenvalue weighted by atomic mass is 10.2. The number of nitrogens with one attached hydrogen (secondary N) is 1. The molecule has 0 aliphatic rings. The van der Waals surface area contributed by atoms with E-state index in [1.54, 1.807) is 0 Å². The molecular formula is C12H18N2O3S. The number of sulfonamides is 1. The molecule has 1 amide bonds. The average molecular weight is 270 g/mol. The van der Waals surface area contributed by atoms with Crippen LogP contribution in [0.5, 0.6) is 0 Å². The zero-order valence-corrected chi connectivity index (χ0v) is 10.9. The van der Waals surface area contributed by atoms with Crippen LogP contribution in [0.4, 0.5) is 5.69 Å². The monoisotopic (exact) mass is 270 g/mol. The maximum absolute atomic E-state index is 11.5. The standard InChI is InChI=1S/C12H18N2O3S/c13-18(16,17)10-6-2-5-9-12(15)14-11-7-3-1-4-8-11/h1,3-4,7-8H,2,5-6,9-10H2,(H,14,15)(H2,13,16,17). The summed E-state index contributed by atoms with van der Waals surface area (Å²) in [6, 6.07) is 9.21. The van der Waals surface area contributed by atoms with E-state index in [0.29, 0.717) is 25.7 Å². The van der Waals surface area contributed by atoms with E-state index in [4.69, 9.17) is 5.14 Å². The van der Waals surface area contributed by atoms with Gasteiger partial charge in [-0.3, -0.25) is 4.79 Å². The van der Waals surface area contributed by atoms with Gasteiger partial charge < -0.3 is 5.32 Å². The Kier molecular flexibility index (Phi) is 5.80. The van der Waals surface area contributed by atoms with Crippen molar-refractivity contribution in [1.82, 2.24) is 0 Å². The lowest BCUT2D eigenvalue weighted by Gasteiger charge is -2.04. The lowest BCUT2D eigenvalue weighted by molar-refractivity contribution is -0.116. The van der Waals surface area contributed by atoms with Gasteiger partial charge in [0.15, 0.2) is 0 Å². The van der Waals surface area contributed by atoms with Gasteiger partial charge in [0.25, 0.3) is 0 Å². The molecule has 5 nitrogen and oxygen atoms in total. The predicted molar refractivity (Wildman–Crippen MR) is 71.5 cm³/mol. The number of amides is 1. The summed E-state index contributed by atoms with van der Waals surface area (Å²) in [5.41, 5.74) is 0.770. The number of para-hydroxylation sites is 1. The van der Waals surface area contributed by atoms with Gasteiger partial charge in [0.05, 0.1) is 5.75 Å². The van der Waals surface area contributed by atoms with Gasteiger partial charge in [-0.05, 0) is 25.0 Å². The fourth-order valence-electron chi connectivity index (χ4n) is 1.51. The van der Waals surface area contributed by atoms with E-state index in [2.05, 4.69) is 5.32 Å². The van der Waals surface area contributed by atoms with Gasteiger partial charge in [-0.1, -0.05) is 24.6 Å². The Morgan fingerprint density at radius 1 is 1.11 bits per heavy atom. The maximum Gasteiger partial charge on any atom is 0.224 e. The molecule has 0 fully saturated rings. The second-order valence-corrected chi connectivity index (χ2v) is 5.83. The summed E-state index contributed by atoms with van der Waals surface area (Å²) in [4.78, 5) is 11.5. The minimum atomic E-state index is -3.37. The number of carbonyl (C=O) groups excluding carboxylic acids is 1. The SMILES string of the molecule is NS(=O)(=O)CCCCCC(=O)Nc1ccccc1. The van der Waals surface area contributed by atoms with Crippen LogP contribution in [0.1, 0.15) is 25.7 Å². The fourth-order valence-corrected chi connectivity index (χ4v) is 2.12. The highest BCUT2D eigenvalue weighted by molar-refractivity contribution is 7.89. The minimum Gasteiger partial charge on any atom is -0.326 e. The first-order valence-electron chi connectivity index (χ1n) is 5.83. The summed E-state index contributed by atoms with van der Waals surface area (Å²) in [5, 5.41) is 7.64. The number of rotatable bonds is 7. The van der Waals surface area contributed by atoms with Gasteiger partial charge in [0.1, 0.15) is 0 Å². The van der Waals surface area contributed by atoms with Gasteiger partial charge >= 0.3 is 0 Å². The summed E-state index contributed by atoms with van der Waals surface area (Å²) in [7, 11) is -3.37. The first-order valence-corrected chi connectivity index (χ1v) is 7.54. The van der Waals surface area contributed by atoms with E-state index in [0.717, 1.165) is 5.69 Å². The Balaban J connectivity index is 2.15. The molecule has 3 N–H and O–H groups in total. The zero-order valence-electron chi connectivity index (χ0n) is 10.1. The number of carbonyl (C=O) groups is 1. The van der Waals surface area contributed by atoms with Gasteiger partial charge in [-0.2, -0.15) is 0 Å². The van der Waals surface area contributed by atoms with E-state index in [1.165, 1.54) is 0 Å². The van der Waals surface area contributed by atoms with Crippen LogP contribution in [0.3, 0.4) is 0 Å². The van der Waals surface area contributed by atoms with Crippen LogP contribution >= 0.6 is 0 Å². The normalized spacial score (nSPS) is 11.2. The summed E-state index contributed by atoms with van der Waals surface area (Å²) >= 11 is 0. The van der Waals surface area contributed by atoms with E-state index in [-0.39, 0.29) is 11.7 Å². The van der Waals surface area contributed by atoms with Crippen LogP contribution in [0.25, 0.3) is 0 Å². The van der Waals surface area contributed by atoms with E-state index < -0.39 is 10.0 Å². The van der Waals surface area contributed by atoms with E-state index >= 15 is 0 Å². The molecule has 0 radical (unpaired) electrons. The molecule has 0 saturated carbocycles. The Bertz CT molecular complexity index is 471. The topological polar surface area (TPSA) is 89.3 Å². The first-order chi connectivity index (χ1) is 8.47. The van der Waals surface area contributed by atoms with Gasteiger partial charge in [-0.15, -0.1) is 0 Å². The molecule has 0 aromatic heterocycles. The Hall–Kier alpha value is -1.40. The van der Waals surface area contributed by atoms with Crippen molar-refractivity contribution < 1.29 is 13.2 Å². The van der Waals surface area contributed by atoms with Crippen molar-refractivity contribution in [2.24, 2.45) is 5.14 Å². The summed E-state index contributed by atoms with van der Waals surface area (Å²) < 4.78 is 21.3. The second-order valence-electron chi connectivity index (χ2n) is 4.09. The molecular weight excluding hydrogens is 252 g/mol. The van der Waals surface area contributed by atoms with Crippen molar-refractivity contribution in [3.63, 3.8) is 0 Å². The summed E-state index contributed by atoms with van der Waals surface area (Å²) in [6.45, 7) is 0. The number of hydrogen-bond acceptors (Lipinski definition) is 3. The third kappa shape index (κ3) is 7.03. The van der Waals surface area contributed by atoms with Gasteiger partial charge in [0, 0.05) is 12.1 Å². The summed E-state index contributed by atoms with van der Waals surface area (Å²) in [6.07, 6.45) is 2.23. The van der Waals surface area contributed by atoms with Gasteiger partial charge in [-0.25, -0.2) is 13.6 Å². The molecule has 1 aromatic carbocycles. The minimum absolute atomic E-state index is 0.0205. The molecule has 0 heterocycles. The third-order valence-electron chi connectivity index (χ3n) is 2.39. The van der Waals surface area contributed by atoms with E-state index in [1.807, 2.05) is 30.3 Å². The number of benzene rings is 1. The predicted octanol–water partition coefficient (Wildman–Crippen LogP) is 1.47. The highest BCUT2D eigenvalue weighted by Gasteiger charge is 2.04. The molecule has 1 aromatic rings. The quantitative estimate of drug-likeness (QED) is 0.735. The number of primary sulfonamides is 1. The molecule has 6 heteroatoms. The van der Waals surface area contributed by atoms with Crippen LogP contribution in [0, 0.1) is 0 Å². The molecule has 0 aliphatic heterocycles. The summed E-state index contributed by atoms with van der Waals surface area (Å²) in [5.74, 6) is -0.0790. The van der Waals surface area contributed by atoms with Crippen molar-refractivity contribution in [2.45, 2.75) is 25.7 Å². The maximum atomic E-state index is 11.5. The van der Waals surface area contributed by atoms with Crippen molar-refractivity contribution >= 4 is 21.6 Å². The molecule has 1 rings (SSSR count). The van der Waals surface area contributed by atoms with Crippen LogP contribution in [-0.4, -0.2) is 20.1 Å². The Morgan fingerprint density at radius 2 is 1.78 bits per heavy atom. The number of unbranched alkanes of at least 4 members (excludes halogenated alkanes) is 2. The molecule has 100 valence electrons. The number of nitrogens with two attached hydrogens (primary N) is 1. The highest BCUT2D eigenvalue weighted by atomic mass is 32.2. The molecule has 0 aliphatic carbocycles. The van der Waals surface area contributed by atoms with Crippen LogP contribution in [-0.2, 0) is 14.8 Å². The van der Waals surface area contributed by atoms with Gasteiger partial charge in [0.2, 0.25) is 15.9 Å². The Morgan fingerprint density at radius 3 is 2.39 bits per heavy atom. The Labute approximate surface area is 107 Å². The number of hydrogen-bond donors (Lipinski definition) is 2. The number of anilines is 1. The van der Waals surface area contributed by atoms with Crippen molar-refractivity contribution in [1.29, 1.82) is 0 Å². The smallest absolute Gasteiger partial charge is 0.224 e. The zero-order chi connectivity index (χ0) is 13.4. The average Bonchev–Trinajstić information content (AvgIpc) is 2.28. The first kappa shape index (κ1) is 14.7. The molecule has 0 atom stereocenters. The van der Waals surface area contributed by atoms with Crippen molar-refractivity contribution in [2.75, 3.05) is 11.1 Å². The molecule has 0 bridgehead atoms. The van der Waals surface area contributed by atoms with Crippen molar-refractivity contribution in [3.05, 3.63) is 30.3 Å². The highest BCUT2D eigenvalue weighted by Crippen LogP contribution is 2.07. The molecule has 0 spiro atoms. The van der Waals surface area contributed by atoms with Crippen LogP contribution < -0.4 is 10.5 Å². The molecule has 0 saturated heterocycles. The molecule has 0 unspecified atom stereocenters. The largest absolute Gasteiger partial charge is 0.326 e.